The van der Waals surface area contributed by atoms with E-state index in [4.69, 9.17) is 0 Å². The first-order valence-electron chi connectivity index (χ1n) is 10.00. The van der Waals surface area contributed by atoms with E-state index < -0.39 is 4.92 Å². The van der Waals surface area contributed by atoms with Gasteiger partial charge in [-0.2, -0.15) is 0 Å². The van der Waals surface area contributed by atoms with Crippen molar-refractivity contribution in [2.24, 2.45) is 0 Å². The summed E-state index contributed by atoms with van der Waals surface area (Å²) in [6, 6.07) is 23.8. The number of aromatic amines is 1. The van der Waals surface area contributed by atoms with E-state index in [1.54, 1.807) is 30.5 Å². The van der Waals surface area contributed by atoms with Gasteiger partial charge in [-0.05, 0) is 36.2 Å². The predicted molar refractivity (Wildman–Crippen MR) is 124 cm³/mol. The number of H-pyrrole nitrogens is 1. The van der Waals surface area contributed by atoms with Gasteiger partial charge in [-0.3, -0.25) is 20.2 Å². The Bertz CT molecular complexity index is 1390. The second kappa shape index (κ2) is 9.13. The number of nitrogens with one attached hydrogen (secondary N) is 1. The van der Waals surface area contributed by atoms with E-state index in [0.717, 1.165) is 34.8 Å². The van der Waals surface area contributed by atoms with Gasteiger partial charge in [0.2, 0.25) is 0 Å². The van der Waals surface area contributed by atoms with Crippen molar-refractivity contribution in [3.63, 3.8) is 0 Å². The third-order valence-electron chi connectivity index (χ3n) is 5.20. The molecule has 1 N–H and O–H groups in total. The zero-order valence-corrected chi connectivity index (χ0v) is 17.0. The highest BCUT2D eigenvalue weighted by atomic mass is 16.6. The molecule has 0 bridgehead atoms. The molecular formula is C24H20N4O4. The third kappa shape index (κ3) is 4.65. The third-order valence-corrected chi connectivity index (χ3v) is 5.20. The van der Waals surface area contributed by atoms with Crippen LogP contribution in [0.3, 0.4) is 0 Å². The van der Waals surface area contributed by atoms with Crippen LogP contribution in [0.2, 0.25) is 0 Å². The van der Waals surface area contributed by atoms with E-state index in [1.165, 1.54) is 11.6 Å². The highest BCUT2D eigenvalue weighted by Gasteiger charge is 2.08. The molecule has 3 aromatic carbocycles. The van der Waals surface area contributed by atoms with E-state index in [0.29, 0.717) is 0 Å². The second-order valence-corrected chi connectivity index (χ2v) is 7.25. The van der Waals surface area contributed by atoms with Gasteiger partial charge < -0.3 is 9.55 Å². The maximum absolute atomic E-state index is 10.8. The molecule has 0 aliphatic rings. The van der Waals surface area contributed by atoms with Crippen LogP contribution in [0.25, 0.3) is 21.8 Å². The first-order chi connectivity index (χ1) is 15.5. The minimum atomic E-state index is -0.396. The van der Waals surface area contributed by atoms with Crippen LogP contribution in [0.15, 0.2) is 91.3 Å². The lowest BCUT2D eigenvalue weighted by Gasteiger charge is -2.05. The van der Waals surface area contributed by atoms with Crippen molar-refractivity contribution in [2.45, 2.75) is 13.0 Å². The monoisotopic (exact) mass is 428 g/mol. The van der Waals surface area contributed by atoms with Crippen LogP contribution in [-0.2, 0) is 13.0 Å². The normalized spacial score (nSPS) is 10.6. The maximum Gasteiger partial charge on any atom is 0.270 e. The maximum atomic E-state index is 10.8. The van der Waals surface area contributed by atoms with Crippen LogP contribution < -0.4 is 0 Å². The van der Waals surface area contributed by atoms with Crippen molar-refractivity contribution < 1.29 is 9.85 Å². The van der Waals surface area contributed by atoms with Crippen molar-refractivity contribution in [1.82, 2.24) is 9.55 Å². The number of nitrogens with zero attached hydrogens (tertiary/aromatic N) is 3. The topological polar surface area (TPSA) is 107 Å². The largest absolute Gasteiger partial charge is 0.361 e. The minimum absolute atomic E-state index is 0.127. The smallest absolute Gasteiger partial charge is 0.270 e. The minimum Gasteiger partial charge on any atom is -0.361 e. The van der Waals surface area contributed by atoms with E-state index in [-0.39, 0.29) is 16.3 Å². The molecule has 8 heteroatoms. The Hall–Kier alpha value is -4.46. The number of rotatable bonds is 5. The Morgan fingerprint density at radius 3 is 2.19 bits per heavy atom. The number of hydrogen-bond donors (Lipinski definition) is 1. The lowest BCUT2D eigenvalue weighted by Crippen LogP contribution is -1.99. The lowest BCUT2D eigenvalue weighted by molar-refractivity contribution is -0.384. The van der Waals surface area contributed by atoms with E-state index >= 15 is 0 Å². The molecule has 32 heavy (non-hydrogen) atoms. The summed E-state index contributed by atoms with van der Waals surface area (Å²) in [5.74, 6) is 0. The van der Waals surface area contributed by atoms with Crippen LogP contribution in [0.1, 0.15) is 5.56 Å². The predicted octanol–water partition coefficient (Wildman–Crippen LogP) is 5.87. The van der Waals surface area contributed by atoms with Crippen LogP contribution in [0.4, 0.5) is 11.4 Å². The number of aromatic nitrogens is 2. The molecule has 0 saturated carbocycles. The molecule has 0 unspecified atom stereocenters. The zero-order valence-electron chi connectivity index (χ0n) is 17.0. The first-order valence-corrected chi connectivity index (χ1v) is 10.00. The summed E-state index contributed by atoms with van der Waals surface area (Å²) in [4.78, 5) is 23.3. The molecule has 0 fully saturated rings. The van der Waals surface area contributed by atoms with Crippen molar-refractivity contribution in [2.75, 3.05) is 0 Å². The Labute approximate surface area is 183 Å². The molecule has 5 rings (SSSR count). The molecule has 0 spiro atoms. The molecule has 0 radical (unpaired) electrons. The fourth-order valence-electron chi connectivity index (χ4n) is 3.54. The van der Waals surface area contributed by atoms with Crippen molar-refractivity contribution in [1.29, 1.82) is 0 Å². The summed E-state index contributed by atoms with van der Waals surface area (Å²) in [7, 11) is 0. The summed E-state index contributed by atoms with van der Waals surface area (Å²) in [6.07, 6.45) is 4.69. The average Bonchev–Trinajstić information content (AvgIpc) is 3.44. The van der Waals surface area contributed by atoms with Gasteiger partial charge in [0, 0.05) is 65.0 Å². The second-order valence-electron chi connectivity index (χ2n) is 7.25. The van der Waals surface area contributed by atoms with E-state index in [9.17, 15) is 20.2 Å². The molecule has 0 saturated heterocycles. The van der Waals surface area contributed by atoms with E-state index in [1.807, 2.05) is 42.6 Å². The standard InChI is InChI=1S/C16H14N2O2.C8H6N2O2/c19-18(20)15-6-7-16-14(12-15)9-11-17(16)10-8-13-4-2-1-3-5-13;11-10(12)7-1-2-8-6(5-7)3-4-9-8/h1-7,9,11-12H,8,10H2;1-5,9H. The van der Waals surface area contributed by atoms with Crippen LogP contribution in [0.5, 0.6) is 0 Å². The van der Waals surface area contributed by atoms with Gasteiger partial charge in [0.25, 0.3) is 11.4 Å². The summed E-state index contributed by atoms with van der Waals surface area (Å²) >= 11 is 0. The molecule has 8 nitrogen and oxygen atoms in total. The Balaban J connectivity index is 0.000000174. The molecule has 160 valence electrons. The SMILES string of the molecule is O=[N+]([O-])c1ccc2[nH]ccc2c1.O=[N+]([O-])c1ccc2c(ccn2CCc2ccccc2)c1. The summed E-state index contributed by atoms with van der Waals surface area (Å²) in [5, 5.41) is 22.9. The van der Waals surface area contributed by atoms with Gasteiger partial charge in [-0.1, -0.05) is 30.3 Å². The Morgan fingerprint density at radius 1 is 0.781 bits per heavy atom. The molecule has 2 heterocycles. The zero-order chi connectivity index (χ0) is 22.5. The van der Waals surface area contributed by atoms with Crippen LogP contribution in [0, 0.1) is 20.2 Å². The molecule has 0 aliphatic heterocycles. The molecular weight excluding hydrogens is 408 g/mol. The molecule has 5 aromatic rings. The quantitative estimate of drug-likeness (QED) is 0.279. The van der Waals surface area contributed by atoms with Gasteiger partial charge >= 0.3 is 0 Å². The molecule has 0 amide bonds. The van der Waals surface area contributed by atoms with E-state index in [2.05, 4.69) is 21.7 Å². The fraction of sp³-hybridized carbons (Fsp3) is 0.0833. The van der Waals surface area contributed by atoms with Gasteiger partial charge in [-0.15, -0.1) is 0 Å². The summed E-state index contributed by atoms with van der Waals surface area (Å²) in [6.45, 7) is 0.866. The Kier molecular flexibility index (Phi) is 5.94. The summed E-state index contributed by atoms with van der Waals surface area (Å²) < 4.78 is 2.13. The highest BCUT2D eigenvalue weighted by Crippen LogP contribution is 2.22. The Morgan fingerprint density at radius 2 is 1.47 bits per heavy atom. The van der Waals surface area contributed by atoms with Gasteiger partial charge in [-0.25, -0.2) is 0 Å². The van der Waals surface area contributed by atoms with Gasteiger partial charge in [0.05, 0.1) is 9.85 Å². The van der Waals surface area contributed by atoms with Crippen LogP contribution in [-0.4, -0.2) is 19.4 Å². The lowest BCUT2D eigenvalue weighted by atomic mass is 10.1. The first kappa shape index (κ1) is 20.8. The molecule has 0 aliphatic carbocycles. The average molecular weight is 428 g/mol. The number of fused-ring (bicyclic) bond motifs is 2. The molecule has 2 aromatic heterocycles. The fourth-order valence-corrected chi connectivity index (χ4v) is 3.54. The van der Waals surface area contributed by atoms with Crippen molar-refractivity contribution >= 4 is 33.2 Å². The van der Waals surface area contributed by atoms with Gasteiger partial charge in [0.15, 0.2) is 0 Å². The number of non-ortho nitro benzene ring substituents is 2. The van der Waals surface area contributed by atoms with Gasteiger partial charge in [0.1, 0.15) is 0 Å². The number of nitro benzene ring substituents is 2. The highest BCUT2D eigenvalue weighted by molar-refractivity contribution is 5.82. The van der Waals surface area contributed by atoms with Crippen molar-refractivity contribution in [3.8, 4) is 0 Å². The number of hydrogen-bond acceptors (Lipinski definition) is 4. The van der Waals surface area contributed by atoms with Crippen LogP contribution >= 0.6 is 0 Å². The number of nitro groups is 2. The number of aryl methyl sites for hydroxylation is 2. The molecule has 0 atom stereocenters. The number of benzene rings is 3. The van der Waals surface area contributed by atoms with Crippen molar-refractivity contribution in [3.05, 3.63) is 117 Å². The summed E-state index contributed by atoms with van der Waals surface area (Å²) in [5.41, 5.74) is 3.50.